The van der Waals surface area contributed by atoms with Crippen molar-refractivity contribution in [2.24, 2.45) is 0 Å². The second kappa shape index (κ2) is 9.88. The number of amides is 3. The van der Waals surface area contributed by atoms with Gasteiger partial charge >= 0.3 is 0 Å². The van der Waals surface area contributed by atoms with Crippen LogP contribution in [0.2, 0.25) is 0 Å². The number of halogens is 2. The van der Waals surface area contributed by atoms with Crippen molar-refractivity contribution in [1.29, 1.82) is 0 Å². The van der Waals surface area contributed by atoms with Crippen LogP contribution in [0.3, 0.4) is 0 Å². The van der Waals surface area contributed by atoms with Gasteiger partial charge in [0.1, 0.15) is 6.54 Å². The van der Waals surface area contributed by atoms with E-state index >= 15 is 0 Å². The van der Waals surface area contributed by atoms with Crippen molar-refractivity contribution >= 4 is 72.4 Å². The molecule has 3 amide bonds. The van der Waals surface area contributed by atoms with Crippen molar-refractivity contribution in [2.45, 2.75) is 13.8 Å². The maximum absolute atomic E-state index is 12.8. The molecule has 2 aromatic carbocycles. The summed E-state index contributed by atoms with van der Waals surface area (Å²) in [6, 6.07) is 8.77. The highest BCUT2D eigenvalue weighted by molar-refractivity contribution is 9.13. The van der Waals surface area contributed by atoms with Gasteiger partial charge in [0.25, 0.3) is 11.1 Å². The van der Waals surface area contributed by atoms with E-state index in [9.17, 15) is 19.5 Å². The molecule has 7 nitrogen and oxygen atoms in total. The predicted molar refractivity (Wildman–Crippen MR) is 127 cm³/mol. The van der Waals surface area contributed by atoms with Gasteiger partial charge in [-0.15, -0.1) is 0 Å². The summed E-state index contributed by atoms with van der Waals surface area (Å²) in [6.07, 6.45) is 1.40. The molecule has 0 aromatic heterocycles. The molecule has 0 unspecified atom stereocenters. The Hall–Kier alpha value is -2.30. The van der Waals surface area contributed by atoms with Crippen LogP contribution in [-0.2, 0) is 9.59 Å². The smallest absolute Gasteiger partial charge is 0.294 e. The minimum atomic E-state index is -0.613. The summed E-state index contributed by atoms with van der Waals surface area (Å²) in [4.78, 5) is 38.4. The molecule has 1 saturated heterocycles. The van der Waals surface area contributed by atoms with Crippen molar-refractivity contribution in [1.82, 2.24) is 4.90 Å². The van der Waals surface area contributed by atoms with E-state index in [1.54, 1.807) is 25.1 Å². The number of hydrogen-bond donors (Lipinski definition) is 2. The average molecular weight is 570 g/mol. The number of carbonyl (C=O) groups excluding carboxylic acids is 3. The largest absolute Gasteiger partial charge is 0.504 e. The number of benzene rings is 2. The van der Waals surface area contributed by atoms with Gasteiger partial charge in [-0.25, -0.2) is 0 Å². The van der Waals surface area contributed by atoms with Gasteiger partial charge in [-0.1, -0.05) is 17.7 Å². The molecule has 10 heteroatoms. The highest BCUT2D eigenvalue weighted by atomic mass is 79.9. The van der Waals surface area contributed by atoms with Crippen LogP contribution in [0.1, 0.15) is 18.1 Å². The normalized spacial score (nSPS) is 15.0. The zero-order chi connectivity index (χ0) is 22.7. The number of carbonyl (C=O) groups is 3. The Morgan fingerprint density at radius 1 is 1.26 bits per heavy atom. The molecule has 0 bridgehead atoms. The van der Waals surface area contributed by atoms with E-state index in [0.717, 1.165) is 10.5 Å². The van der Waals surface area contributed by atoms with Crippen LogP contribution < -0.4 is 10.1 Å². The van der Waals surface area contributed by atoms with Gasteiger partial charge in [-0.05, 0) is 81.7 Å². The average Bonchev–Trinajstić information content (AvgIpc) is 2.98. The highest BCUT2D eigenvalue weighted by Crippen LogP contribution is 2.43. The SMILES string of the molecule is CCOc1cc(Br)c(Br)c(/C=C2\SC(=O)N(CC(=O)Nc3ccc(C)cc3)C2=O)c1O. The van der Waals surface area contributed by atoms with Crippen LogP contribution in [0.15, 0.2) is 44.2 Å². The lowest BCUT2D eigenvalue weighted by Crippen LogP contribution is -2.36. The molecule has 2 N–H and O–H groups in total. The third kappa shape index (κ3) is 5.31. The molecule has 0 aliphatic carbocycles. The van der Waals surface area contributed by atoms with E-state index in [0.29, 0.717) is 33.0 Å². The fourth-order valence-corrected chi connectivity index (χ4v) is 4.42. The van der Waals surface area contributed by atoms with Crippen LogP contribution in [0.4, 0.5) is 10.5 Å². The van der Waals surface area contributed by atoms with Gasteiger partial charge in [0.15, 0.2) is 11.5 Å². The molecule has 0 radical (unpaired) electrons. The number of thioether (sulfide) groups is 1. The lowest BCUT2D eigenvalue weighted by atomic mass is 10.1. The maximum Gasteiger partial charge on any atom is 0.294 e. The monoisotopic (exact) mass is 568 g/mol. The quantitative estimate of drug-likeness (QED) is 0.458. The minimum absolute atomic E-state index is 0.0877. The number of aromatic hydroxyl groups is 1. The third-order valence-electron chi connectivity index (χ3n) is 4.28. The molecular formula is C21H18Br2N2O5S. The van der Waals surface area contributed by atoms with Gasteiger partial charge in [0.05, 0.1) is 11.5 Å². The first-order valence-electron chi connectivity index (χ1n) is 9.17. The Morgan fingerprint density at radius 2 is 1.94 bits per heavy atom. The first kappa shape index (κ1) is 23.4. The van der Waals surface area contributed by atoms with Gasteiger partial charge in [-0.3, -0.25) is 19.3 Å². The summed E-state index contributed by atoms with van der Waals surface area (Å²) in [5.41, 5.74) is 1.90. The summed E-state index contributed by atoms with van der Waals surface area (Å²) < 4.78 is 6.52. The lowest BCUT2D eigenvalue weighted by Gasteiger charge is -2.13. The Labute approximate surface area is 200 Å². The van der Waals surface area contributed by atoms with E-state index in [1.807, 2.05) is 19.1 Å². The number of nitrogens with one attached hydrogen (secondary N) is 1. The Morgan fingerprint density at radius 3 is 2.58 bits per heavy atom. The van der Waals surface area contributed by atoms with E-state index in [4.69, 9.17) is 4.74 Å². The second-order valence-electron chi connectivity index (χ2n) is 6.55. The van der Waals surface area contributed by atoms with Gasteiger partial charge in [0, 0.05) is 20.2 Å². The van der Waals surface area contributed by atoms with E-state index in [1.165, 1.54) is 6.08 Å². The zero-order valence-electron chi connectivity index (χ0n) is 16.6. The summed E-state index contributed by atoms with van der Waals surface area (Å²) in [5.74, 6) is -1.03. The zero-order valence-corrected chi connectivity index (χ0v) is 20.6. The first-order chi connectivity index (χ1) is 14.7. The van der Waals surface area contributed by atoms with Crippen LogP contribution >= 0.6 is 43.6 Å². The number of ether oxygens (including phenoxy) is 1. The fraction of sp³-hybridized carbons (Fsp3) is 0.190. The molecule has 1 heterocycles. The summed E-state index contributed by atoms with van der Waals surface area (Å²) >= 11 is 7.43. The number of anilines is 1. The Balaban J connectivity index is 1.81. The topological polar surface area (TPSA) is 95.9 Å². The standard InChI is InChI=1S/C21H18Br2N2O5S/c1-3-30-15-9-14(22)18(23)13(19(15)27)8-16-20(28)25(21(29)31-16)10-17(26)24-12-6-4-11(2)5-7-12/h4-9,27H,3,10H2,1-2H3,(H,24,26)/b16-8-. The van der Waals surface area contributed by atoms with E-state index in [-0.39, 0.29) is 22.0 Å². The molecule has 162 valence electrons. The Bertz CT molecular complexity index is 1090. The molecule has 2 aromatic rings. The van der Waals surface area contributed by atoms with Crippen LogP contribution in [0, 0.1) is 6.92 Å². The van der Waals surface area contributed by atoms with Crippen molar-refractivity contribution in [3.05, 3.63) is 55.3 Å². The van der Waals surface area contributed by atoms with Crippen molar-refractivity contribution in [3.8, 4) is 11.5 Å². The second-order valence-corrected chi connectivity index (χ2v) is 9.19. The molecule has 0 saturated carbocycles. The molecule has 3 rings (SSSR count). The molecule has 1 fully saturated rings. The number of hydrogen-bond acceptors (Lipinski definition) is 6. The Kier molecular flexibility index (Phi) is 7.45. The van der Waals surface area contributed by atoms with Crippen LogP contribution in [0.25, 0.3) is 6.08 Å². The lowest BCUT2D eigenvalue weighted by molar-refractivity contribution is -0.127. The fourth-order valence-electron chi connectivity index (χ4n) is 2.76. The summed E-state index contributed by atoms with van der Waals surface area (Å²) in [6.45, 7) is 3.64. The molecular weight excluding hydrogens is 552 g/mol. The van der Waals surface area contributed by atoms with Crippen molar-refractivity contribution < 1.29 is 24.2 Å². The van der Waals surface area contributed by atoms with E-state index in [2.05, 4.69) is 37.2 Å². The molecule has 31 heavy (non-hydrogen) atoms. The van der Waals surface area contributed by atoms with Gasteiger partial charge in [-0.2, -0.15) is 0 Å². The molecule has 1 aliphatic rings. The summed E-state index contributed by atoms with van der Waals surface area (Å²) in [5, 5.41) is 12.6. The molecule has 0 spiro atoms. The minimum Gasteiger partial charge on any atom is -0.504 e. The number of imide groups is 1. The van der Waals surface area contributed by atoms with Gasteiger partial charge < -0.3 is 15.2 Å². The summed E-state index contributed by atoms with van der Waals surface area (Å²) in [7, 11) is 0. The first-order valence-corrected chi connectivity index (χ1v) is 11.6. The van der Waals surface area contributed by atoms with Crippen LogP contribution in [0.5, 0.6) is 11.5 Å². The van der Waals surface area contributed by atoms with Crippen molar-refractivity contribution in [2.75, 3.05) is 18.5 Å². The highest BCUT2D eigenvalue weighted by Gasteiger charge is 2.36. The number of nitrogens with zero attached hydrogens (tertiary/aromatic N) is 1. The van der Waals surface area contributed by atoms with E-state index < -0.39 is 23.6 Å². The predicted octanol–water partition coefficient (Wildman–Crippen LogP) is 5.30. The molecule has 0 atom stereocenters. The van der Waals surface area contributed by atoms with Crippen molar-refractivity contribution in [3.63, 3.8) is 0 Å². The van der Waals surface area contributed by atoms with Crippen LogP contribution in [-0.4, -0.2) is 40.2 Å². The van der Waals surface area contributed by atoms with Gasteiger partial charge in [0.2, 0.25) is 5.91 Å². The number of aryl methyl sites for hydroxylation is 1. The third-order valence-corrected chi connectivity index (χ3v) is 7.20. The maximum atomic E-state index is 12.8. The number of phenols is 1. The molecule has 1 aliphatic heterocycles. The number of phenolic OH excluding ortho intramolecular Hbond substituents is 1. The number of rotatable bonds is 6.